The minimum absolute atomic E-state index is 0.131. The highest BCUT2D eigenvalue weighted by Gasteiger charge is 2.34. The van der Waals surface area contributed by atoms with Crippen molar-refractivity contribution in [3.05, 3.63) is 63.8 Å². The molecule has 0 spiro atoms. The first-order valence-electron chi connectivity index (χ1n) is 9.83. The van der Waals surface area contributed by atoms with Gasteiger partial charge in [0.1, 0.15) is 0 Å². The second-order valence-electron chi connectivity index (χ2n) is 7.07. The minimum atomic E-state index is -0.708. The molecule has 2 aliphatic heterocycles. The normalized spacial score (nSPS) is 17.1. The van der Waals surface area contributed by atoms with Crippen LogP contribution in [0.1, 0.15) is 24.1 Å². The average Bonchev–Trinajstić information content (AvgIpc) is 3.22. The van der Waals surface area contributed by atoms with E-state index in [1.165, 1.54) is 0 Å². The van der Waals surface area contributed by atoms with Crippen LogP contribution in [0, 0.1) is 6.92 Å². The molecule has 0 saturated heterocycles. The van der Waals surface area contributed by atoms with E-state index in [9.17, 15) is 9.59 Å². The average molecular weight is 444 g/mol. The van der Waals surface area contributed by atoms with Crippen molar-refractivity contribution in [1.29, 1.82) is 0 Å². The van der Waals surface area contributed by atoms with Crippen LogP contribution in [0.5, 0.6) is 11.5 Å². The van der Waals surface area contributed by atoms with Gasteiger partial charge in [-0.3, -0.25) is 0 Å². The highest BCUT2D eigenvalue weighted by atomic mass is 35.5. The summed E-state index contributed by atoms with van der Waals surface area (Å²) in [6.45, 7) is 4.18. The number of aryl methyl sites for hydroxylation is 1. The lowest BCUT2D eigenvalue weighted by atomic mass is 9.94. The predicted octanol–water partition coefficient (Wildman–Crippen LogP) is 3.66. The summed E-state index contributed by atoms with van der Waals surface area (Å²) >= 11 is 6.20. The number of carbonyl (C=O) groups excluding carboxylic acids is 2. The molecule has 0 radical (unpaired) electrons. The van der Waals surface area contributed by atoms with Crippen LogP contribution >= 0.6 is 11.6 Å². The lowest BCUT2D eigenvalue weighted by Gasteiger charge is -2.29. The third kappa shape index (κ3) is 4.39. The molecule has 2 aromatic rings. The van der Waals surface area contributed by atoms with Gasteiger partial charge in [0.05, 0.1) is 30.5 Å². The summed E-state index contributed by atoms with van der Waals surface area (Å²) in [7, 11) is 0. The number of urea groups is 1. The van der Waals surface area contributed by atoms with Gasteiger partial charge in [-0.15, -0.1) is 0 Å². The maximum absolute atomic E-state index is 12.9. The van der Waals surface area contributed by atoms with Crippen LogP contribution in [-0.2, 0) is 9.53 Å². The van der Waals surface area contributed by atoms with Gasteiger partial charge in [-0.05, 0) is 49.2 Å². The summed E-state index contributed by atoms with van der Waals surface area (Å²) in [4.78, 5) is 25.3. The van der Waals surface area contributed by atoms with Crippen molar-refractivity contribution in [1.82, 2.24) is 10.6 Å². The number of nitrogens with one attached hydrogen (secondary N) is 3. The first-order chi connectivity index (χ1) is 15.0. The zero-order valence-electron chi connectivity index (χ0n) is 17.1. The molecule has 0 bridgehead atoms. The third-order valence-corrected chi connectivity index (χ3v) is 5.43. The number of hydrogen-bond acceptors (Lipinski definition) is 6. The van der Waals surface area contributed by atoms with Crippen LogP contribution in [0.15, 0.2) is 47.7 Å². The lowest BCUT2D eigenvalue weighted by molar-refractivity contribution is -0.139. The summed E-state index contributed by atoms with van der Waals surface area (Å²) in [5.41, 5.74) is 3.13. The van der Waals surface area contributed by atoms with Crippen LogP contribution in [-0.4, -0.2) is 31.9 Å². The fourth-order valence-corrected chi connectivity index (χ4v) is 3.62. The molecule has 2 amide bonds. The Morgan fingerprint density at radius 1 is 1.23 bits per heavy atom. The smallest absolute Gasteiger partial charge is 0.338 e. The zero-order chi connectivity index (χ0) is 22.0. The number of hydrogen-bond donors (Lipinski definition) is 3. The van der Waals surface area contributed by atoms with Gasteiger partial charge in [-0.1, -0.05) is 23.7 Å². The van der Waals surface area contributed by atoms with Crippen molar-refractivity contribution in [2.45, 2.75) is 19.9 Å². The molecule has 4 rings (SSSR count). The first kappa shape index (κ1) is 20.9. The van der Waals surface area contributed by atoms with E-state index in [2.05, 4.69) is 16.0 Å². The van der Waals surface area contributed by atoms with E-state index in [0.29, 0.717) is 33.4 Å². The number of anilines is 1. The van der Waals surface area contributed by atoms with E-state index in [0.717, 1.165) is 11.3 Å². The van der Waals surface area contributed by atoms with Crippen LogP contribution < -0.4 is 25.4 Å². The number of amides is 2. The van der Waals surface area contributed by atoms with E-state index in [-0.39, 0.29) is 19.9 Å². The molecular formula is C22H22ClN3O5. The maximum Gasteiger partial charge on any atom is 0.338 e. The van der Waals surface area contributed by atoms with Gasteiger partial charge in [0.2, 0.25) is 6.79 Å². The number of ether oxygens (including phenoxy) is 3. The third-order valence-electron chi connectivity index (χ3n) is 5.02. The van der Waals surface area contributed by atoms with Gasteiger partial charge >= 0.3 is 12.0 Å². The van der Waals surface area contributed by atoms with Crippen molar-refractivity contribution in [2.24, 2.45) is 0 Å². The zero-order valence-corrected chi connectivity index (χ0v) is 17.8. The fraction of sp³-hybridized carbons (Fsp3) is 0.273. The van der Waals surface area contributed by atoms with Crippen LogP contribution in [0.4, 0.5) is 10.5 Å². The Morgan fingerprint density at radius 3 is 2.81 bits per heavy atom. The Kier molecular flexibility index (Phi) is 5.90. The van der Waals surface area contributed by atoms with Crippen LogP contribution in [0.3, 0.4) is 0 Å². The van der Waals surface area contributed by atoms with E-state index in [4.69, 9.17) is 25.8 Å². The summed E-state index contributed by atoms with van der Waals surface area (Å²) in [5.74, 6) is 0.655. The number of carbonyl (C=O) groups is 2. The van der Waals surface area contributed by atoms with E-state index in [1.54, 1.807) is 31.2 Å². The molecule has 0 saturated carbocycles. The Labute approximate surface area is 184 Å². The Morgan fingerprint density at radius 2 is 2.03 bits per heavy atom. The van der Waals surface area contributed by atoms with Gasteiger partial charge in [0.15, 0.2) is 11.5 Å². The maximum atomic E-state index is 12.9. The minimum Gasteiger partial charge on any atom is -0.463 e. The largest absolute Gasteiger partial charge is 0.463 e. The van der Waals surface area contributed by atoms with Crippen molar-refractivity contribution in [2.75, 3.05) is 25.3 Å². The molecule has 8 nitrogen and oxygen atoms in total. The summed E-state index contributed by atoms with van der Waals surface area (Å²) < 4.78 is 16.1. The van der Waals surface area contributed by atoms with Crippen LogP contribution in [0.2, 0.25) is 5.02 Å². The van der Waals surface area contributed by atoms with Gasteiger partial charge in [-0.25, -0.2) is 9.59 Å². The molecule has 1 atom stereocenters. The summed E-state index contributed by atoms with van der Waals surface area (Å²) in [6, 6.07) is 9.72. The predicted molar refractivity (Wildman–Crippen MR) is 115 cm³/mol. The molecule has 31 heavy (non-hydrogen) atoms. The Bertz CT molecular complexity index is 1070. The van der Waals surface area contributed by atoms with Crippen LogP contribution in [0.25, 0.3) is 0 Å². The second kappa shape index (κ2) is 8.77. The number of benzene rings is 2. The SMILES string of the molecule is CCOC(=O)C1=C(CNc2ccc(C)c(Cl)c2)NC(=O)N[C@@H]1c1ccc2c(c1)OCO2. The highest BCUT2D eigenvalue weighted by molar-refractivity contribution is 6.31. The Balaban J connectivity index is 1.68. The molecule has 2 aromatic carbocycles. The van der Waals surface area contributed by atoms with Crippen molar-refractivity contribution in [3.8, 4) is 11.5 Å². The highest BCUT2D eigenvalue weighted by Crippen LogP contribution is 2.37. The monoisotopic (exact) mass is 443 g/mol. The van der Waals surface area contributed by atoms with Crippen molar-refractivity contribution < 1.29 is 23.8 Å². The second-order valence-corrected chi connectivity index (χ2v) is 7.48. The van der Waals surface area contributed by atoms with Gasteiger partial charge in [0.25, 0.3) is 0 Å². The van der Waals surface area contributed by atoms with Gasteiger partial charge < -0.3 is 30.2 Å². The van der Waals surface area contributed by atoms with Crippen molar-refractivity contribution >= 4 is 29.3 Å². The molecule has 9 heteroatoms. The molecule has 0 unspecified atom stereocenters. The number of esters is 1. The molecular weight excluding hydrogens is 422 g/mol. The molecule has 2 aliphatic rings. The number of fused-ring (bicyclic) bond motifs is 1. The summed E-state index contributed by atoms with van der Waals surface area (Å²) in [6.07, 6.45) is 0. The molecule has 0 aromatic heterocycles. The molecule has 2 heterocycles. The molecule has 162 valence electrons. The van der Waals surface area contributed by atoms with Crippen molar-refractivity contribution in [3.63, 3.8) is 0 Å². The van der Waals surface area contributed by atoms with Gasteiger partial charge in [0, 0.05) is 10.7 Å². The lowest BCUT2D eigenvalue weighted by Crippen LogP contribution is -2.47. The van der Waals surface area contributed by atoms with E-state index < -0.39 is 18.0 Å². The molecule has 3 N–H and O–H groups in total. The standard InChI is InChI=1S/C22H22ClN3O5/c1-3-29-21(27)19-16(10-24-14-6-4-12(2)15(23)9-14)25-22(28)26-20(19)13-5-7-17-18(8-13)31-11-30-17/h4-9,20,24H,3,10-11H2,1-2H3,(H2,25,26,28)/t20-/m1/s1. The molecule has 0 fully saturated rings. The number of halogens is 1. The molecule has 0 aliphatic carbocycles. The first-order valence-corrected chi connectivity index (χ1v) is 10.2. The topological polar surface area (TPSA) is 97.9 Å². The van der Waals surface area contributed by atoms with E-state index >= 15 is 0 Å². The fourth-order valence-electron chi connectivity index (χ4n) is 3.44. The summed E-state index contributed by atoms with van der Waals surface area (Å²) in [5, 5.41) is 9.36. The Hall–Kier alpha value is -3.39. The van der Waals surface area contributed by atoms with Gasteiger partial charge in [-0.2, -0.15) is 0 Å². The van der Waals surface area contributed by atoms with E-state index in [1.807, 2.05) is 19.1 Å². The number of rotatable bonds is 6. The quantitative estimate of drug-likeness (QED) is 0.589.